The van der Waals surface area contributed by atoms with Gasteiger partial charge < -0.3 is 4.90 Å². The molecule has 0 aliphatic carbocycles. The Bertz CT molecular complexity index is 833. The number of nitrogens with zero attached hydrogens (tertiary/aromatic N) is 5. The molecule has 4 heterocycles. The van der Waals surface area contributed by atoms with Gasteiger partial charge in [-0.3, -0.25) is 14.7 Å². The number of aromatic nitrogens is 4. The number of likely N-dealkylation sites (tertiary alicyclic amines) is 1. The zero-order chi connectivity index (χ0) is 19.3. The second kappa shape index (κ2) is 9.05. The van der Waals surface area contributed by atoms with Crippen molar-refractivity contribution in [2.75, 3.05) is 37.3 Å². The van der Waals surface area contributed by atoms with Crippen LogP contribution in [0.5, 0.6) is 0 Å². The predicted octanol–water partition coefficient (Wildman–Crippen LogP) is 2.65. The molecule has 2 aliphatic heterocycles. The van der Waals surface area contributed by atoms with Crippen LogP contribution in [-0.2, 0) is 6.54 Å². The van der Waals surface area contributed by atoms with Crippen LogP contribution in [0.25, 0.3) is 0 Å². The molecule has 0 amide bonds. The molecule has 150 valence electrons. The maximum absolute atomic E-state index is 12.3. The lowest BCUT2D eigenvalue weighted by atomic mass is 9.94. The molecule has 1 unspecified atom stereocenters. The van der Waals surface area contributed by atoms with Crippen molar-refractivity contribution in [3.05, 3.63) is 40.1 Å². The Morgan fingerprint density at radius 2 is 1.93 bits per heavy atom. The molecule has 28 heavy (non-hydrogen) atoms. The second-order valence-corrected chi connectivity index (χ2v) is 8.47. The highest BCUT2D eigenvalue weighted by atomic mass is 32.2. The molecule has 0 radical (unpaired) electrons. The van der Waals surface area contributed by atoms with Crippen LogP contribution in [0.1, 0.15) is 49.3 Å². The van der Waals surface area contributed by atoms with E-state index >= 15 is 0 Å². The summed E-state index contributed by atoms with van der Waals surface area (Å²) in [5, 5.41) is 0.804. The number of piperidine rings is 2. The molecular formula is C20H28N6OS. The highest BCUT2D eigenvalue weighted by molar-refractivity contribution is 7.98. The first-order valence-corrected chi connectivity index (χ1v) is 11.4. The quantitative estimate of drug-likeness (QED) is 0.611. The summed E-state index contributed by atoms with van der Waals surface area (Å²) in [7, 11) is 0. The summed E-state index contributed by atoms with van der Waals surface area (Å²) in [5.74, 6) is 1.05. The molecular weight excluding hydrogens is 372 g/mol. The van der Waals surface area contributed by atoms with E-state index in [2.05, 4.69) is 24.8 Å². The number of hydrogen-bond donors (Lipinski definition) is 1. The first-order valence-electron chi connectivity index (χ1n) is 10.1. The first-order chi connectivity index (χ1) is 13.7. The molecule has 2 aromatic rings. The molecule has 2 aromatic heterocycles. The van der Waals surface area contributed by atoms with Crippen LogP contribution >= 0.6 is 11.8 Å². The highest BCUT2D eigenvalue weighted by Gasteiger charge is 2.24. The Morgan fingerprint density at radius 1 is 1.14 bits per heavy atom. The first kappa shape index (κ1) is 19.4. The highest BCUT2D eigenvalue weighted by Crippen LogP contribution is 2.27. The van der Waals surface area contributed by atoms with E-state index in [1.807, 2.05) is 18.6 Å². The molecule has 8 heteroatoms. The summed E-state index contributed by atoms with van der Waals surface area (Å²) >= 11 is 1.55. The average Bonchev–Trinajstić information content (AvgIpc) is 2.75. The van der Waals surface area contributed by atoms with E-state index in [9.17, 15) is 4.79 Å². The number of rotatable bonds is 5. The lowest BCUT2D eigenvalue weighted by molar-refractivity contribution is 0.198. The van der Waals surface area contributed by atoms with Crippen molar-refractivity contribution in [1.29, 1.82) is 0 Å². The molecule has 2 fully saturated rings. The van der Waals surface area contributed by atoms with Gasteiger partial charge >= 0.3 is 0 Å². The Morgan fingerprint density at radius 3 is 2.68 bits per heavy atom. The third-order valence-corrected chi connectivity index (χ3v) is 6.17. The predicted molar refractivity (Wildman–Crippen MR) is 112 cm³/mol. The standard InChI is InChI=1S/C20H28N6OS/c1-28-20-21-11-15(12-22-20)13-25-7-5-6-16(14-25)17-10-18(27)24-19(23-17)26-8-3-2-4-9-26/h10-12,16H,2-9,13-14H2,1H3,(H,23,24,27). The SMILES string of the molecule is CSc1ncc(CN2CCCC(c3cc(=O)[nH]c(N4CCCCC4)n3)C2)cn1. The van der Waals surface area contributed by atoms with Crippen molar-refractivity contribution in [3.63, 3.8) is 0 Å². The maximum atomic E-state index is 12.3. The molecule has 2 saturated heterocycles. The third kappa shape index (κ3) is 4.72. The van der Waals surface area contributed by atoms with Crippen LogP contribution < -0.4 is 10.5 Å². The topological polar surface area (TPSA) is 78.0 Å². The minimum absolute atomic E-state index is 0.0382. The fourth-order valence-electron chi connectivity index (χ4n) is 4.16. The Kier molecular flexibility index (Phi) is 6.26. The van der Waals surface area contributed by atoms with Gasteiger partial charge in [0.2, 0.25) is 5.95 Å². The van der Waals surface area contributed by atoms with E-state index in [0.717, 1.165) is 67.9 Å². The second-order valence-electron chi connectivity index (χ2n) is 7.69. The van der Waals surface area contributed by atoms with E-state index < -0.39 is 0 Å². The molecule has 0 aromatic carbocycles. The number of hydrogen-bond acceptors (Lipinski definition) is 7. The Hall–Kier alpha value is -1.93. The summed E-state index contributed by atoms with van der Waals surface area (Å²) in [6.07, 6.45) is 11.6. The van der Waals surface area contributed by atoms with E-state index in [1.54, 1.807) is 17.8 Å². The van der Waals surface area contributed by atoms with Crippen molar-refractivity contribution in [1.82, 2.24) is 24.8 Å². The Labute approximate surface area is 170 Å². The van der Waals surface area contributed by atoms with E-state index in [-0.39, 0.29) is 5.56 Å². The molecule has 0 saturated carbocycles. The van der Waals surface area contributed by atoms with Crippen LogP contribution in [0, 0.1) is 0 Å². The fourth-order valence-corrected chi connectivity index (χ4v) is 4.47. The number of aromatic amines is 1. The fraction of sp³-hybridized carbons (Fsp3) is 0.600. The zero-order valence-corrected chi connectivity index (χ0v) is 17.2. The van der Waals surface area contributed by atoms with E-state index in [0.29, 0.717) is 5.92 Å². The van der Waals surface area contributed by atoms with Gasteiger partial charge in [0.25, 0.3) is 5.56 Å². The van der Waals surface area contributed by atoms with E-state index in [4.69, 9.17) is 4.98 Å². The van der Waals surface area contributed by atoms with Gasteiger partial charge in [-0.1, -0.05) is 11.8 Å². The molecule has 4 rings (SSSR count). The van der Waals surface area contributed by atoms with Crippen molar-refractivity contribution < 1.29 is 0 Å². The monoisotopic (exact) mass is 400 g/mol. The number of nitrogens with one attached hydrogen (secondary N) is 1. The average molecular weight is 401 g/mol. The number of anilines is 1. The molecule has 0 spiro atoms. The lowest BCUT2D eigenvalue weighted by Crippen LogP contribution is -2.36. The molecule has 7 nitrogen and oxygen atoms in total. The van der Waals surface area contributed by atoms with Gasteiger partial charge in [0.1, 0.15) is 0 Å². The number of thioether (sulfide) groups is 1. The van der Waals surface area contributed by atoms with Crippen molar-refractivity contribution in [2.45, 2.75) is 49.7 Å². The number of H-pyrrole nitrogens is 1. The van der Waals surface area contributed by atoms with Crippen LogP contribution in [0.3, 0.4) is 0 Å². The lowest BCUT2D eigenvalue weighted by Gasteiger charge is -2.33. The summed E-state index contributed by atoms with van der Waals surface area (Å²) in [4.78, 5) is 33.5. The van der Waals surface area contributed by atoms with Crippen LogP contribution in [0.15, 0.2) is 28.4 Å². The van der Waals surface area contributed by atoms with Crippen molar-refractivity contribution in [2.24, 2.45) is 0 Å². The summed E-state index contributed by atoms with van der Waals surface area (Å²) in [6, 6.07) is 1.69. The van der Waals surface area contributed by atoms with Gasteiger partial charge in [0.05, 0.1) is 5.69 Å². The van der Waals surface area contributed by atoms with Gasteiger partial charge in [-0.25, -0.2) is 15.0 Å². The van der Waals surface area contributed by atoms with Gasteiger partial charge in [-0.2, -0.15) is 0 Å². The molecule has 0 bridgehead atoms. The van der Waals surface area contributed by atoms with Gasteiger partial charge in [-0.15, -0.1) is 0 Å². The minimum Gasteiger partial charge on any atom is -0.342 e. The van der Waals surface area contributed by atoms with Crippen molar-refractivity contribution >= 4 is 17.7 Å². The minimum atomic E-state index is -0.0382. The molecule has 1 atom stereocenters. The summed E-state index contributed by atoms with van der Waals surface area (Å²) in [5.41, 5.74) is 2.03. The van der Waals surface area contributed by atoms with Gasteiger partial charge in [-0.05, 0) is 44.9 Å². The van der Waals surface area contributed by atoms with Crippen LogP contribution in [0.2, 0.25) is 0 Å². The zero-order valence-electron chi connectivity index (χ0n) is 16.4. The van der Waals surface area contributed by atoms with Crippen LogP contribution in [-0.4, -0.2) is 57.3 Å². The summed E-state index contributed by atoms with van der Waals surface area (Å²) in [6.45, 7) is 4.78. The summed E-state index contributed by atoms with van der Waals surface area (Å²) < 4.78 is 0. The van der Waals surface area contributed by atoms with Gasteiger partial charge in [0.15, 0.2) is 5.16 Å². The smallest absolute Gasteiger partial charge is 0.252 e. The van der Waals surface area contributed by atoms with Gasteiger partial charge in [0, 0.05) is 56.1 Å². The maximum Gasteiger partial charge on any atom is 0.252 e. The van der Waals surface area contributed by atoms with Crippen molar-refractivity contribution in [3.8, 4) is 0 Å². The molecule has 2 aliphatic rings. The normalized spacial score (nSPS) is 21.0. The Balaban J connectivity index is 1.46. The van der Waals surface area contributed by atoms with E-state index in [1.165, 1.54) is 19.3 Å². The molecule has 1 N–H and O–H groups in total. The van der Waals surface area contributed by atoms with Crippen LogP contribution in [0.4, 0.5) is 5.95 Å². The largest absolute Gasteiger partial charge is 0.342 e. The third-order valence-electron chi connectivity index (χ3n) is 5.60.